The van der Waals surface area contributed by atoms with E-state index in [0.717, 1.165) is 68.0 Å². The van der Waals surface area contributed by atoms with Gasteiger partial charge in [-0.15, -0.1) is 0 Å². The molecule has 36 heavy (non-hydrogen) atoms. The number of carbonyl (C=O) groups excluding carboxylic acids is 1. The number of fused-ring (bicyclic) bond motifs is 1. The molecule has 1 fully saturated rings. The van der Waals surface area contributed by atoms with Gasteiger partial charge in [0.05, 0.1) is 17.2 Å². The van der Waals surface area contributed by atoms with E-state index in [0.29, 0.717) is 16.6 Å². The molecule has 3 heterocycles. The van der Waals surface area contributed by atoms with E-state index >= 15 is 0 Å². The number of H-pyrrole nitrogens is 1. The molecule has 0 spiro atoms. The van der Waals surface area contributed by atoms with E-state index in [-0.39, 0.29) is 11.7 Å². The number of pyridine rings is 1. The summed E-state index contributed by atoms with van der Waals surface area (Å²) in [6.45, 7) is 5.55. The van der Waals surface area contributed by atoms with Gasteiger partial charge in [0.2, 0.25) is 0 Å². The van der Waals surface area contributed by atoms with Crippen molar-refractivity contribution in [2.24, 2.45) is 0 Å². The number of amides is 1. The number of aromatic amines is 1. The van der Waals surface area contributed by atoms with Crippen molar-refractivity contribution in [1.29, 1.82) is 0 Å². The molecule has 190 valence electrons. The molecule has 1 saturated heterocycles. The lowest BCUT2D eigenvalue weighted by molar-refractivity contribution is -0.120. The van der Waals surface area contributed by atoms with Gasteiger partial charge in [-0.05, 0) is 68.4 Å². The highest BCUT2D eigenvalue weighted by Gasteiger charge is 2.16. The van der Waals surface area contributed by atoms with Crippen molar-refractivity contribution in [3.63, 3.8) is 0 Å². The number of nitrogens with zero attached hydrogens (tertiary/aromatic N) is 3. The Labute approximate surface area is 221 Å². The summed E-state index contributed by atoms with van der Waals surface area (Å²) < 4.78 is 5.29. The molecular weight excluding hydrogens is 497 g/mol. The predicted molar refractivity (Wildman–Crippen MR) is 148 cm³/mol. The number of rotatable bonds is 9. The topological polar surface area (TPSA) is 73.5 Å². The number of methoxy groups -OCH3 is 1. The molecule has 9 heteroatoms. The SMILES string of the molecule is CO/C(=C\C=C\c1cc2cc(Cl)c(Cl)cc2[nH]1)C(=O)NCCCN1CCCN(c2ccccn2)CC1. The number of aromatic nitrogens is 2. The van der Waals surface area contributed by atoms with Crippen LogP contribution in [0.5, 0.6) is 0 Å². The van der Waals surface area contributed by atoms with Crippen LogP contribution in [0.25, 0.3) is 17.0 Å². The van der Waals surface area contributed by atoms with Crippen LogP contribution in [-0.4, -0.2) is 67.2 Å². The summed E-state index contributed by atoms with van der Waals surface area (Å²) in [4.78, 5) is 25.1. The monoisotopic (exact) mass is 527 g/mol. The maximum atomic E-state index is 12.5. The molecule has 1 aliphatic heterocycles. The second kappa shape index (κ2) is 12.8. The van der Waals surface area contributed by atoms with E-state index in [9.17, 15) is 4.79 Å². The minimum atomic E-state index is -0.227. The van der Waals surface area contributed by atoms with Gasteiger partial charge in [-0.1, -0.05) is 35.3 Å². The molecule has 0 atom stereocenters. The molecule has 0 unspecified atom stereocenters. The minimum absolute atomic E-state index is 0.227. The van der Waals surface area contributed by atoms with Gasteiger partial charge in [0.1, 0.15) is 5.82 Å². The molecule has 0 saturated carbocycles. The van der Waals surface area contributed by atoms with Crippen LogP contribution in [0.1, 0.15) is 18.5 Å². The van der Waals surface area contributed by atoms with Crippen LogP contribution in [0.4, 0.5) is 5.82 Å². The summed E-state index contributed by atoms with van der Waals surface area (Å²) >= 11 is 12.2. The van der Waals surface area contributed by atoms with Gasteiger partial charge in [-0.2, -0.15) is 0 Å². The molecule has 1 aliphatic rings. The van der Waals surface area contributed by atoms with Crippen molar-refractivity contribution in [3.05, 3.63) is 76.2 Å². The Bertz CT molecular complexity index is 1190. The van der Waals surface area contributed by atoms with Gasteiger partial charge in [0.25, 0.3) is 5.91 Å². The van der Waals surface area contributed by atoms with Gasteiger partial charge in [0, 0.05) is 49.0 Å². The van der Waals surface area contributed by atoms with E-state index in [2.05, 4.69) is 31.2 Å². The Morgan fingerprint density at radius 3 is 2.83 bits per heavy atom. The normalized spacial score (nSPS) is 15.4. The fourth-order valence-electron chi connectivity index (χ4n) is 4.27. The van der Waals surface area contributed by atoms with Crippen LogP contribution in [-0.2, 0) is 9.53 Å². The third kappa shape index (κ3) is 7.03. The van der Waals surface area contributed by atoms with Crippen LogP contribution in [0.15, 0.2) is 60.5 Å². The number of halogens is 2. The smallest absolute Gasteiger partial charge is 0.286 e. The lowest BCUT2D eigenvalue weighted by Crippen LogP contribution is -2.34. The number of carbonyl (C=O) groups is 1. The molecule has 0 aliphatic carbocycles. The first-order chi connectivity index (χ1) is 17.5. The highest BCUT2D eigenvalue weighted by atomic mass is 35.5. The van der Waals surface area contributed by atoms with Crippen molar-refractivity contribution in [2.75, 3.05) is 51.3 Å². The van der Waals surface area contributed by atoms with Crippen LogP contribution in [0, 0.1) is 0 Å². The standard InChI is InChI=1S/C27H31Cl2N5O2/c1-36-25(8-4-7-21-17-20-18-22(28)23(29)19-24(20)32-21)27(35)31-11-5-12-33-13-6-14-34(16-15-33)26-9-2-3-10-30-26/h2-4,7-10,17-19,32H,5-6,11-16H2,1H3,(H,31,35)/b7-4+,25-8-. The summed E-state index contributed by atoms with van der Waals surface area (Å²) in [6, 6.07) is 11.6. The van der Waals surface area contributed by atoms with E-state index in [1.54, 1.807) is 18.2 Å². The van der Waals surface area contributed by atoms with E-state index in [4.69, 9.17) is 27.9 Å². The van der Waals surface area contributed by atoms with E-state index < -0.39 is 0 Å². The fraction of sp³-hybridized carbons (Fsp3) is 0.333. The van der Waals surface area contributed by atoms with Gasteiger partial charge in [-0.25, -0.2) is 4.98 Å². The Morgan fingerprint density at radius 1 is 1.17 bits per heavy atom. The lowest BCUT2D eigenvalue weighted by atomic mass is 10.2. The molecule has 2 N–H and O–H groups in total. The van der Waals surface area contributed by atoms with Gasteiger partial charge in [0.15, 0.2) is 5.76 Å². The highest BCUT2D eigenvalue weighted by molar-refractivity contribution is 6.42. The Kier molecular flexibility index (Phi) is 9.28. The molecule has 2 aromatic heterocycles. The van der Waals surface area contributed by atoms with Crippen molar-refractivity contribution < 1.29 is 9.53 Å². The predicted octanol–water partition coefficient (Wildman–Crippen LogP) is 5.13. The molecule has 0 bridgehead atoms. The summed E-state index contributed by atoms with van der Waals surface area (Å²) in [5, 5.41) is 4.94. The van der Waals surface area contributed by atoms with Crippen LogP contribution in [0.3, 0.4) is 0 Å². The van der Waals surface area contributed by atoms with Crippen LogP contribution in [0.2, 0.25) is 10.0 Å². The van der Waals surface area contributed by atoms with Crippen LogP contribution >= 0.6 is 23.2 Å². The Hall–Kier alpha value is -3.00. The highest BCUT2D eigenvalue weighted by Crippen LogP contribution is 2.28. The van der Waals surface area contributed by atoms with Gasteiger partial charge in [-0.3, -0.25) is 4.79 Å². The first kappa shape index (κ1) is 26.1. The Morgan fingerprint density at radius 2 is 2.03 bits per heavy atom. The molecule has 3 aromatic rings. The first-order valence-electron chi connectivity index (χ1n) is 12.1. The zero-order chi connectivity index (χ0) is 25.3. The fourth-order valence-corrected chi connectivity index (χ4v) is 4.61. The van der Waals surface area contributed by atoms with Crippen molar-refractivity contribution in [1.82, 2.24) is 20.2 Å². The summed E-state index contributed by atoms with van der Waals surface area (Å²) in [5.74, 6) is 1.07. The number of benzene rings is 1. The lowest BCUT2D eigenvalue weighted by Gasteiger charge is -2.22. The third-order valence-corrected chi connectivity index (χ3v) is 6.87. The largest absolute Gasteiger partial charge is 0.491 e. The zero-order valence-electron chi connectivity index (χ0n) is 20.3. The van der Waals surface area contributed by atoms with E-state index in [1.165, 1.54) is 7.11 Å². The average molecular weight is 528 g/mol. The maximum absolute atomic E-state index is 12.5. The van der Waals surface area contributed by atoms with Crippen molar-refractivity contribution >= 4 is 51.9 Å². The molecule has 1 amide bonds. The number of hydrogen-bond donors (Lipinski definition) is 2. The summed E-state index contributed by atoms with van der Waals surface area (Å²) in [6.07, 6.45) is 9.11. The van der Waals surface area contributed by atoms with Crippen LogP contribution < -0.4 is 10.2 Å². The number of anilines is 1. The molecule has 4 rings (SSSR count). The Balaban J connectivity index is 1.21. The van der Waals surface area contributed by atoms with Gasteiger partial charge >= 0.3 is 0 Å². The molecule has 7 nitrogen and oxygen atoms in total. The zero-order valence-corrected chi connectivity index (χ0v) is 21.9. The van der Waals surface area contributed by atoms with Crippen molar-refractivity contribution in [2.45, 2.75) is 12.8 Å². The number of hydrogen-bond acceptors (Lipinski definition) is 5. The summed E-state index contributed by atoms with van der Waals surface area (Å²) in [7, 11) is 1.50. The molecule has 0 radical (unpaired) electrons. The summed E-state index contributed by atoms with van der Waals surface area (Å²) in [5.41, 5.74) is 1.76. The molecule has 1 aromatic carbocycles. The van der Waals surface area contributed by atoms with Gasteiger partial charge < -0.3 is 24.8 Å². The quantitative estimate of drug-likeness (QED) is 0.174. The second-order valence-electron chi connectivity index (χ2n) is 8.65. The second-order valence-corrected chi connectivity index (χ2v) is 9.47. The van der Waals surface area contributed by atoms with E-state index in [1.807, 2.05) is 36.5 Å². The third-order valence-electron chi connectivity index (χ3n) is 6.15. The maximum Gasteiger partial charge on any atom is 0.286 e. The number of ether oxygens (including phenoxy) is 1. The van der Waals surface area contributed by atoms with Crippen molar-refractivity contribution in [3.8, 4) is 0 Å². The average Bonchev–Trinajstić information content (AvgIpc) is 3.11. The number of allylic oxidation sites excluding steroid dienone is 2. The molecular formula is C27H31Cl2N5O2. The first-order valence-corrected chi connectivity index (χ1v) is 12.9. The minimum Gasteiger partial charge on any atom is -0.491 e. The number of nitrogens with one attached hydrogen (secondary N) is 2.